The second-order valence-electron chi connectivity index (χ2n) is 5.75. The molecule has 0 spiro atoms. The molecule has 0 heterocycles. The van der Waals surface area contributed by atoms with E-state index in [0.717, 1.165) is 12.0 Å². The zero-order valence-corrected chi connectivity index (χ0v) is 11.3. The summed E-state index contributed by atoms with van der Waals surface area (Å²) in [6.45, 7) is 4.64. The Morgan fingerprint density at radius 2 is 2.00 bits per heavy atom. The number of benzene rings is 1. The Hall–Kier alpha value is -1.84. The Kier molecular flexibility index (Phi) is 3.60. The van der Waals surface area contributed by atoms with Gasteiger partial charge in [-0.1, -0.05) is 32.0 Å². The Labute approximate surface area is 112 Å². The van der Waals surface area contributed by atoms with Crippen molar-refractivity contribution < 1.29 is 14.7 Å². The monoisotopic (exact) mass is 261 g/mol. The van der Waals surface area contributed by atoms with E-state index in [9.17, 15) is 9.59 Å². The minimum absolute atomic E-state index is 0.0813. The van der Waals surface area contributed by atoms with Crippen LogP contribution in [0.5, 0.6) is 0 Å². The van der Waals surface area contributed by atoms with Crippen LogP contribution in [0.15, 0.2) is 24.3 Å². The van der Waals surface area contributed by atoms with Crippen molar-refractivity contribution in [3.05, 3.63) is 35.4 Å². The number of carbonyl (C=O) groups is 2. The van der Waals surface area contributed by atoms with Gasteiger partial charge in [0.25, 0.3) is 0 Å². The standard InChI is InChI=1S/C15H19NO3/c1-15(2)9-12(15)13(17)16-8-7-10-5-3-4-6-11(10)14(18)19/h3-6,12H,7-9H2,1-2H3,(H,16,17)(H,18,19). The number of hydrogen-bond donors (Lipinski definition) is 2. The summed E-state index contributed by atoms with van der Waals surface area (Å²) in [4.78, 5) is 22.8. The lowest BCUT2D eigenvalue weighted by Crippen LogP contribution is -2.28. The quantitative estimate of drug-likeness (QED) is 0.853. The van der Waals surface area contributed by atoms with Crippen molar-refractivity contribution in [1.29, 1.82) is 0 Å². The van der Waals surface area contributed by atoms with Gasteiger partial charge in [0, 0.05) is 12.5 Å². The van der Waals surface area contributed by atoms with Crippen molar-refractivity contribution in [1.82, 2.24) is 5.32 Å². The van der Waals surface area contributed by atoms with E-state index in [1.807, 2.05) is 6.07 Å². The van der Waals surface area contributed by atoms with E-state index in [-0.39, 0.29) is 17.2 Å². The molecule has 1 aliphatic rings. The highest BCUT2D eigenvalue weighted by molar-refractivity contribution is 5.89. The first-order valence-corrected chi connectivity index (χ1v) is 6.51. The molecule has 0 aromatic heterocycles. The molecule has 2 rings (SSSR count). The smallest absolute Gasteiger partial charge is 0.335 e. The molecule has 1 fully saturated rings. The average molecular weight is 261 g/mol. The minimum atomic E-state index is -0.926. The van der Waals surface area contributed by atoms with Crippen molar-refractivity contribution in [2.75, 3.05) is 6.54 Å². The van der Waals surface area contributed by atoms with Gasteiger partial charge in [0.2, 0.25) is 5.91 Å². The topological polar surface area (TPSA) is 66.4 Å². The van der Waals surface area contributed by atoms with Crippen LogP contribution in [0.3, 0.4) is 0 Å². The number of nitrogens with one attached hydrogen (secondary N) is 1. The van der Waals surface area contributed by atoms with Gasteiger partial charge >= 0.3 is 5.97 Å². The van der Waals surface area contributed by atoms with E-state index in [4.69, 9.17) is 5.11 Å². The van der Waals surface area contributed by atoms with Crippen LogP contribution in [0.2, 0.25) is 0 Å². The van der Waals surface area contributed by atoms with Crippen LogP contribution < -0.4 is 5.32 Å². The molecule has 0 bridgehead atoms. The first-order chi connectivity index (χ1) is 8.92. The summed E-state index contributed by atoms with van der Waals surface area (Å²) >= 11 is 0. The molecule has 4 heteroatoms. The lowest BCUT2D eigenvalue weighted by molar-refractivity contribution is -0.122. The van der Waals surface area contributed by atoms with Crippen LogP contribution in [0.1, 0.15) is 36.2 Å². The predicted octanol–water partition coefficient (Wildman–Crippen LogP) is 2.09. The highest BCUT2D eigenvalue weighted by atomic mass is 16.4. The van der Waals surface area contributed by atoms with Crippen molar-refractivity contribution in [2.24, 2.45) is 11.3 Å². The van der Waals surface area contributed by atoms with Gasteiger partial charge in [-0.15, -0.1) is 0 Å². The summed E-state index contributed by atoms with van der Waals surface area (Å²) < 4.78 is 0. The third-order valence-corrected chi connectivity index (χ3v) is 3.77. The average Bonchev–Trinajstić information content (AvgIpc) is 2.99. The minimum Gasteiger partial charge on any atom is -0.478 e. The number of carbonyl (C=O) groups excluding carboxylic acids is 1. The van der Waals surface area contributed by atoms with Crippen LogP contribution in [-0.4, -0.2) is 23.5 Å². The molecule has 1 saturated carbocycles. The Balaban J connectivity index is 1.86. The lowest BCUT2D eigenvalue weighted by atomic mass is 10.0. The molecule has 1 amide bonds. The van der Waals surface area contributed by atoms with Gasteiger partial charge in [-0.3, -0.25) is 4.79 Å². The summed E-state index contributed by atoms with van der Waals surface area (Å²) in [7, 11) is 0. The number of carboxylic acids is 1. The van der Waals surface area contributed by atoms with E-state index in [1.165, 1.54) is 0 Å². The van der Waals surface area contributed by atoms with Crippen LogP contribution in [0, 0.1) is 11.3 Å². The highest BCUT2D eigenvalue weighted by Gasteiger charge is 2.50. The SMILES string of the molecule is CC1(C)CC1C(=O)NCCc1ccccc1C(=O)O. The van der Waals surface area contributed by atoms with E-state index in [2.05, 4.69) is 19.2 Å². The lowest BCUT2D eigenvalue weighted by Gasteiger charge is -2.08. The number of amides is 1. The molecule has 0 radical (unpaired) electrons. The molecule has 1 unspecified atom stereocenters. The first-order valence-electron chi connectivity index (χ1n) is 6.51. The van der Waals surface area contributed by atoms with Gasteiger partial charge < -0.3 is 10.4 Å². The molecule has 19 heavy (non-hydrogen) atoms. The van der Waals surface area contributed by atoms with Gasteiger partial charge in [-0.2, -0.15) is 0 Å². The summed E-state index contributed by atoms with van der Waals surface area (Å²) in [5.74, 6) is -0.731. The van der Waals surface area contributed by atoms with Gasteiger partial charge in [-0.25, -0.2) is 4.79 Å². The van der Waals surface area contributed by atoms with Crippen LogP contribution in [0.25, 0.3) is 0 Å². The maximum atomic E-state index is 11.8. The number of hydrogen-bond acceptors (Lipinski definition) is 2. The van der Waals surface area contributed by atoms with Crippen molar-refractivity contribution >= 4 is 11.9 Å². The van der Waals surface area contributed by atoms with Gasteiger partial charge in [0.05, 0.1) is 5.56 Å². The highest BCUT2D eigenvalue weighted by Crippen LogP contribution is 2.51. The number of aromatic carboxylic acids is 1. The molecule has 0 saturated heterocycles. The fourth-order valence-corrected chi connectivity index (χ4v) is 2.31. The molecular weight excluding hydrogens is 242 g/mol. The molecule has 1 aliphatic carbocycles. The van der Waals surface area contributed by atoms with Gasteiger partial charge in [0.15, 0.2) is 0 Å². The largest absolute Gasteiger partial charge is 0.478 e. The predicted molar refractivity (Wildman–Crippen MR) is 72.0 cm³/mol. The van der Waals surface area contributed by atoms with Gasteiger partial charge in [-0.05, 0) is 29.9 Å². The second kappa shape index (κ2) is 5.03. The summed E-state index contributed by atoms with van der Waals surface area (Å²) in [5, 5.41) is 11.9. The van der Waals surface area contributed by atoms with Crippen LogP contribution in [0.4, 0.5) is 0 Å². The fraction of sp³-hybridized carbons (Fsp3) is 0.467. The Morgan fingerprint density at radius 1 is 1.37 bits per heavy atom. The third kappa shape index (κ3) is 3.13. The zero-order chi connectivity index (χ0) is 14.0. The first kappa shape index (κ1) is 13.6. The van der Waals surface area contributed by atoms with Crippen molar-refractivity contribution in [2.45, 2.75) is 26.7 Å². The van der Waals surface area contributed by atoms with E-state index in [1.54, 1.807) is 18.2 Å². The molecule has 1 aromatic rings. The van der Waals surface area contributed by atoms with Crippen molar-refractivity contribution in [3.63, 3.8) is 0 Å². The fourth-order valence-electron chi connectivity index (χ4n) is 2.31. The molecule has 0 aliphatic heterocycles. The maximum absolute atomic E-state index is 11.8. The van der Waals surface area contributed by atoms with E-state index in [0.29, 0.717) is 18.5 Å². The molecule has 2 N–H and O–H groups in total. The molecular formula is C15H19NO3. The third-order valence-electron chi connectivity index (χ3n) is 3.77. The van der Waals surface area contributed by atoms with E-state index >= 15 is 0 Å². The number of rotatable bonds is 5. The summed E-state index contributed by atoms with van der Waals surface area (Å²) in [6, 6.07) is 6.89. The van der Waals surface area contributed by atoms with Crippen LogP contribution in [-0.2, 0) is 11.2 Å². The van der Waals surface area contributed by atoms with Crippen LogP contribution >= 0.6 is 0 Å². The summed E-state index contributed by atoms with van der Waals surface area (Å²) in [6.07, 6.45) is 1.48. The van der Waals surface area contributed by atoms with Gasteiger partial charge in [0.1, 0.15) is 0 Å². The number of carboxylic acid groups (broad SMARTS) is 1. The van der Waals surface area contributed by atoms with Crippen molar-refractivity contribution in [3.8, 4) is 0 Å². The Bertz CT molecular complexity index is 508. The molecule has 102 valence electrons. The Morgan fingerprint density at radius 3 is 2.58 bits per heavy atom. The summed E-state index contributed by atoms with van der Waals surface area (Å²) in [5.41, 5.74) is 1.19. The molecule has 1 aromatic carbocycles. The zero-order valence-electron chi connectivity index (χ0n) is 11.3. The molecule has 1 atom stereocenters. The normalized spacial score (nSPS) is 19.8. The van der Waals surface area contributed by atoms with E-state index < -0.39 is 5.97 Å². The second-order valence-corrected chi connectivity index (χ2v) is 5.75. The molecule has 4 nitrogen and oxygen atoms in total. The maximum Gasteiger partial charge on any atom is 0.335 e.